The van der Waals surface area contributed by atoms with Crippen molar-refractivity contribution < 1.29 is 18.8 Å². The highest BCUT2D eigenvalue weighted by molar-refractivity contribution is 6.02. The van der Waals surface area contributed by atoms with Gasteiger partial charge in [0.15, 0.2) is 11.5 Å². The average molecular weight is 537 g/mol. The van der Waals surface area contributed by atoms with Gasteiger partial charge in [-0.2, -0.15) is 0 Å². The Hall–Kier alpha value is -3.26. The molecule has 8 heteroatoms. The summed E-state index contributed by atoms with van der Waals surface area (Å²) in [6.45, 7) is 15.0. The molecule has 1 aliphatic rings. The molecule has 39 heavy (non-hydrogen) atoms. The fraction of sp³-hybridized carbons (Fsp3) is 0.548. The van der Waals surface area contributed by atoms with E-state index in [4.69, 9.17) is 14.0 Å². The van der Waals surface area contributed by atoms with Crippen molar-refractivity contribution in [3.8, 4) is 33.9 Å². The Morgan fingerprint density at radius 2 is 1.77 bits per heavy atom. The van der Waals surface area contributed by atoms with Crippen LogP contribution in [-0.4, -0.2) is 53.9 Å². The third-order valence-corrected chi connectivity index (χ3v) is 7.16. The van der Waals surface area contributed by atoms with E-state index in [2.05, 4.69) is 73.0 Å². The summed E-state index contributed by atoms with van der Waals surface area (Å²) < 4.78 is 20.9. The Labute approximate surface area is 232 Å². The van der Waals surface area contributed by atoms with Gasteiger partial charge in [-0.05, 0) is 50.4 Å². The van der Waals surface area contributed by atoms with Crippen LogP contribution in [0.15, 0.2) is 28.9 Å². The fourth-order valence-electron chi connectivity index (χ4n) is 4.91. The van der Waals surface area contributed by atoms with Crippen molar-refractivity contribution in [3.05, 3.63) is 41.3 Å². The zero-order chi connectivity index (χ0) is 27.9. The van der Waals surface area contributed by atoms with Gasteiger partial charge >= 0.3 is 0 Å². The molecule has 4 rings (SSSR count). The van der Waals surface area contributed by atoms with Crippen molar-refractivity contribution in [1.29, 1.82) is 0 Å². The van der Waals surface area contributed by atoms with Crippen molar-refractivity contribution in [1.82, 2.24) is 19.9 Å². The smallest absolute Gasteiger partial charge is 0.274 e. The number of nitrogens with one attached hydrogen (secondary N) is 1. The molecule has 1 N–H and O–H groups in total. The monoisotopic (exact) mass is 536 g/mol. The Morgan fingerprint density at radius 3 is 2.44 bits per heavy atom. The number of fused-ring (bicyclic) bond motifs is 1. The molecule has 2 aromatic heterocycles. The molecule has 0 aliphatic carbocycles. The lowest BCUT2D eigenvalue weighted by Gasteiger charge is -2.24. The van der Waals surface area contributed by atoms with Crippen LogP contribution >= 0.6 is 0 Å². The minimum atomic E-state index is -0.249. The molecular formula is C31H44N4O4. The third kappa shape index (κ3) is 6.49. The van der Waals surface area contributed by atoms with E-state index < -0.39 is 0 Å². The Morgan fingerprint density at radius 1 is 1.05 bits per heavy atom. The number of benzene rings is 1. The zero-order valence-electron chi connectivity index (χ0n) is 24.4. The molecule has 212 valence electrons. The Balaban J connectivity index is 1.89. The number of likely N-dealkylation sites (N-methyl/N-ethyl adjacent to an activating group) is 1. The standard InChI is InChI=1S/C31H44N4O4/c1-7-10-14-37-26-18-27(38-15-11-8-2)25(17-24(26)21(4)5)30-28(29(33-39-30)31(36)32-9-3)22-16-23-20-34(6)12-13-35(23)19-22/h16-19,21H,7-15,20H2,1-6H3,(H,32,36). The molecule has 0 spiro atoms. The van der Waals surface area contributed by atoms with Crippen LogP contribution in [0.4, 0.5) is 0 Å². The highest BCUT2D eigenvalue weighted by atomic mass is 16.5. The van der Waals surface area contributed by atoms with Crippen LogP contribution in [0.1, 0.15) is 88.0 Å². The second-order valence-corrected chi connectivity index (χ2v) is 10.7. The van der Waals surface area contributed by atoms with Gasteiger partial charge in [-0.15, -0.1) is 0 Å². The molecule has 1 aliphatic heterocycles. The summed E-state index contributed by atoms with van der Waals surface area (Å²) in [7, 11) is 2.12. The van der Waals surface area contributed by atoms with Crippen LogP contribution in [0.25, 0.3) is 22.5 Å². The number of amides is 1. The molecule has 0 radical (unpaired) electrons. The lowest BCUT2D eigenvalue weighted by Crippen LogP contribution is -2.29. The lowest BCUT2D eigenvalue weighted by atomic mass is 9.94. The van der Waals surface area contributed by atoms with Gasteiger partial charge in [0.05, 0.1) is 24.3 Å². The van der Waals surface area contributed by atoms with Gasteiger partial charge in [-0.3, -0.25) is 9.69 Å². The van der Waals surface area contributed by atoms with E-state index in [1.807, 2.05) is 13.0 Å². The molecule has 0 bridgehead atoms. The number of unbranched alkanes of at least 4 members (excludes halogenated alkanes) is 2. The highest BCUT2D eigenvalue weighted by Crippen LogP contribution is 2.44. The number of carbonyl (C=O) groups excluding carboxylic acids is 1. The average Bonchev–Trinajstić information content (AvgIpc) is 3.53. The van der Waals surface area contributed by atoms with Crippen LogP contribution in [0.3, 0.4) is 0 Å². The van der Waals surface area contributed by atoms with Gasteiger partial charge in [0.2, 0.25) is 0 Å². The van der Waals surface area contributed by atoms with E-state index in [1.165, 1.54) is 5.69 Å². The first-order valence-corrected chi connectivity index (χ1v) is 14.5. The summed E-state index contributed by atoms with van der Waals surface area (Å²) in [6, 6.07) is 6.24. The summed E-state index contributed by atoms with van der Waals surface area (Å²) in [5, 5.41) is 7.21. The van der Waals surface area contributed by atoms with Crippen LogP contribution in [0.5, 0.6) is 11.5 Å². The number of carbonyl (C=O) groups is 1. The molecular weight excluding hydrogens is 492 g/mol. The SMILES string of the molecule is CCCCOc1cc(OCCCC)c(C(C)C)cc1-c1onc(C(=O)NCC)c1-c1cc2n(c1)CCN(C)C2. The van der Waals surface area contributed by atoms with Gasteiger partial charge in [0, 0.05) is 49.7 Å². The Bertz CT molecular complexity index is 1260. The third-order valence-electron chi connectivity index (χ3n) is 7.16. The van der Waals surface area contributed by atoms with Gasteiger partial charge < -0.3 is 23.9 Å². The van der Waals surface area contributed by atoms with Crippen molar-refractivity contribution in [3.63, 3.8) is 0 Å². The van der Waals surface area contributed by atoms with Crippen LogP contribution < -0.4 is 14.8 Å². The lowest BCUT2D eigenvalue weighted by molar-refractivity contribution is 0.0947. The Kier molecular flexibility index (Phi) is 9.73. The predicted octanol–water partition coefficient (Wildman–Crippen LogP) is 6.49. The predicted molar refractivity (Wildman–Crippen MR) is 155 cm³/mol. The molecule has 3 aromatic rings. The minimum absolute atomic E-state index is 0.219. The molecule has 0 fully saturated rings. The molecule has 0 saturated carbocycles. The van der Waals surface area contributed by atoms with E-state index >= 15 is 0 Å². The van der Waals surface area contributed by atoms with E-state index in [0.717, 1.165) is 67.8 Å². The fourth-order valence-corrected chi connectivity index (χ4v) is 4.91. The van der Waals surface area contributed by atoms with Gasteiger partial charge in [0.1, 0.15) is 11.5 Å². The molecule has 0 atom stereocenters. The largest absolute Gasteiger partial charge is 0.493 e. The first kappa shape index (κ1) is 28.7. The van der Waals surface area contributed by atoms with E-state index in [1.54, 1.807) is 0 Å². The number of hydrogen-bond acceptors (Lipinski definition) is 6. The number of rotatable bonds is 13. The maximum atomic E-state index is 13.2. The first-order valence-electron chi connectivity index (χ1n) is 14.5. The number of hydrogen-bond donors (Lipinski definition) is 1. The van der Waals surface area contributed by atoms with Crippen molar-refractivity contribution >= 4 is 5.91 Å². The summed E-state index contributed by atoms with van der Waals surface area (Å²) in [5.74, 6) is 2.03. The molecule has 8 nitrogen and oxygen atoms in total. The van der Waals surface area contributed by atoms with Crippen LogP contribution in [0.2, 0.25) is 0 Å². The topological polar surface area (TPSA) is 81.8 Å². The highest BCUT2D eigenvalue weighted by Gasteiger charge is 2.29. The van der Waals surface area contributed by atoms with Crippen LogP contribution in [-0.2, 0) is 13.1 Å². The summed E-state index contributed by atoms with van der Waals surface area (Å²) in [6.07, 6.45) is 6.13. The van der Waals surface area contributed by atoms with E-state index in [9.17, 15) is 4.79 Å². The van der Waals surface area contributed by atoms with Crippen molar-refractivity contribution in [2.45, 2.75) is 79.3 Å². The molecule has 3 heterocycles. The maximum Gasteiger partial charge on any atom is 0.274 e. The van der Waals surface area contributed by atoms with Gasteiger partial charge in [-0.25, -0.2) is 0 Å². The number of ether oxygens (including phenoxy) is 2. The second kappa shape index (κ2) is 13.2. The van der Waals surface area contributed by atoms with Crippen LogP contribution in [0, 0.1) is 0 Å². The summed E-state index contributed by atoms with van der Waals surface area (Å²) in [4.78, 5) is 15.4. The molecule has 1 aromatic carbocycles. The minimum Gasteiger partial charge on any atom is -0.493 e. The summed E-state index contributed by atoms with van der Waals surface area (Å²) in [5.41, 5.74) is 4.97. The van der Waals surface area contributed by atoms with Crippen molar-refractivity contribution in [2.24, 2.45) is 0 Å². The molecule has 0 saturated heterocycles. The quantitative estimate of drug-likeness (QED) is 0.252. The normalized spacial score (nSPS) is 13.5. The molecule has 0 unspecified atom stereocenters. The van der Waals surface area contributed by atoms with Gasteiger partial charge in [-0.1, -0.05) is 45.7 Å². The van der Waals surface area contributed by atoms with Gasteiger partial charge in [0.25, 0.3) is 5.91 Å². The zero-order valence-corrected chi connectivity index (χ0v) is 24.4. The van der Waals surface area contributed by atoms with E-state index in [0.29, 0.717) is 36.8 Å². The summed E-state index contributed by atoms with van der Waals surface area (Å²) >= 11 is 0. The number of aromatic nitrogens is 2. The second-order valence-electron chi connectivity index (χ2n) is 10.7. The first-order chi connectivity index (χ1) is 18.9. The molecule has 1 amide bonds. The van der Waals surface area contributed by atoms with E-state index in [-0.39, 0.29) is 17.5 Å². The van der Waals surface area contributed by atoms with Crippen molar-refractivity contribution in [2.75, 3.05) is 33.4 Å². The maximum absolute atomic E-state index is 13.2. The number of nitrogens with zero attached hydrogens (tertiary/aromatic N) is 3.